The van der Waals surface area contributed by atoms with Gasteiger partial charge < -0.3 is 14.5 Å². The number of ether oxygens (including phenoxy) is 1. The molecule has 1 amide bonds. The number of anilines is 1. The minimum Gasteiger partial charge on any atom is -0.378 e. The van der Waals surface area contributed by atoms with Crippen molar-refractivity contribution >= 4 is 23.2 Å². The summed E-state index contributed by atoms with van der Waals surface area (Å²) in [5, 5.41) is 0.564. The molecule has 2 heterocycles. The fraction of sp³-hybridized carbons (Fsp3) is 0.321. The number of benzene rings is 3. The average molecular weight is 512 g/mol. The van der Waals surface area contributed by atoms with Crippen molar-refractivity contribution in [1.82, 2.24) is 9.80 Å². The summed E-state index contributed by atoms with van der Waals surface area (Å²) >= 11 is 6.55. The molecule has 188 valence electrons. The smallest absolute Gasteiger partial charge is 0.253 e. The number of piperazine rings is 1. The van der Waals surface area contributed by atoms with Crippen molar-refractivity contribution in [3.8, 4) is 0 Å². The van der Waals surface area contributed by atoms with Gasteiger partial charge in [0.25, 0.3) is 5.91 Å². The number of hydrogen-bond acceptors (Lipinski definition) is 4. The molecule has 5 nitrogen and oxygen atoms in total. The molecule has 2 fully saturated rings. The summed E-state index contributed by atoms with van der Waals surface area (Å²) in [6.07, 6.45) is 0. The Bertz CT molecular complexity index is 1150. The van der Waals surface area contributed by atoms with Crippen LogP contribution in [0, 0.1) is 11.6 Å². The van der Waals surface area contributed by atoms with Gasteiger partial charge in [-0.05, 0) is 53.6 Å². The van der Waals surface area contributed by atoms with Crippen molar-refractivity contribution in [3.05, 3.63) is 100 Å². The standard InChI is InChI=1S/C28H28ClF2N3O2/c29-25-19-22(5-10-26(25)32-15-17-36-18-16-32)28(35)34-13-11-33(12-14-34)27(20-1-6-23(30)7-2-20)21-3-8-24(31)9-4-21/h1-10,19,27H,11-18H2. The first-order valence-corrected chi connectivity index (χ1v) is 12.5. The van der Waals surface area contributed by atoms with Crippen LogP contribution in [0.5, 0.6) is 0 Å². The number of hydrogen-bond donors (Lipinski definition) is 0. The Labute approximate surface area is 214 Å². The van der Waals surface area contributed by atoms with Crippen LogP contribution in [0.15, 0.2) is 66.7 Å². The molecule has 0 atom stereocenters. The summed E-state index contributed by atoms with van der Waals surface area (Å²) in [6.45, 7) is 5.23. The molecule has 0 aromatic heterocycles. The van der Waals surface area contributed by atoms with Crippen LogP contribution in [-0.2, 0) is 4.74 Å². The molecule has 2 aliphatic rings. The van der Waals surface area contributed by atoms with E-state index in [1.165, 1.54) is 24.3 Å². The largest absolute Gasteiger partial charge is 0.378 e. The maximum atomic E-state index is 13.6. The molecular formula is C28H28ClF2N3O2. The lowest BCUT2D eigenvalue weighted by molar-refractivity contribution is 0.0597. The van der Waals surface area contributed by atoms with Crippen molar-refractivity contribution in [2.24, 2.45) is 0 Å². The van der Waals surface area contributed by atoms with E-state index in [0.717, 1.165) is 29.9 Å². The molecule has 0 N–H and O–H groups in total. The third-order valence-corrected chi connectivity index (χ3v) is 7.19. The number of morpholine rings is 1. The third-order valence-electron chi connectivity index (χ3n) is 6.88. The lowest BCUT2D eigenvalue weighted by Gasteiger charge is -2.40. The Balaban J connectivity index is 1.29. The van der Waals surface area contributed by atoms with Crippen LogP contribution in [-0.4, -0.2) is 68.2 Å². The molecule has 0 aliphatic carbocycles. The summed E-state index contributed by atoms with van der Waals surface area (Å²) in [7, 11) is 0. The zero-order valence-electron chi connectivity index (χ0n) is 19.9. The van der Waals surface area contributed by atoms with Crippen LogP contribution in [0.25, 0.3) is 0 Å². The van der Waals surface area contributed by atoms with Crippen molar-refractivity contribution in [2.45, 2.75) is 6.04 Å². The zero-order valence-corrected chi connectivity index (χ0v) is 20.6. The predicted octanol–water partition coefficient (Wildman–Crippen LogP) is 5.00. The van der Waals surface area contributed by atoms with Gasteiger partial charge in [0.15, 0.2) is 0 Å². The Kier molecular flexibility index (Phi) is 7.51. The van der Waals surface area contributed by atoms with Crippen LogP contribution < -0.4 is 4.90 Å². The van der Waals surface area contributed by atoms with Crippen molar-refractivity contribution in [1.29, 1.82) is 0 Å². The fourth-order valence-corrected chi connectivity index (χ4v) is 5.27. The quantitative estimate of drug-likeness (QED) is 0.483. The van der Waals surface area contributed by atoms with Crippen molar-refractivity contribution in [2.75, 3.05) is 57.4 Å². The summed E-state index contributed by atoms with van der Waals surface area (Å²) in [5.41, 5.74) is 3.34. The Hall–Kier alpha value is -3.00. The van der Waals surface area contributed by atoms with Gasteiger partial charge in [0.1, 0.15) is 11.6 Å². The molecule has 0 bridgehead atoms. The van der Waals surface area contributed by atoms with E-state index >= 15 is 0 Å². The van der Waals surface area contributed by atoms with Crippen LogP contribution in [0.3, 0.4) is 0 Å². The maximum absolute atomic E-state index is 13.6. The number of halogens is 3. The predicted molar refractivity (Wildman–Crippen MR) is 137 cm³/mol. The second-order valence-corrected chi connectivity index (χ2v) is 9.51. The van der Waals surface area contributed by atoms with Gasteiger partial charge in [-0.2, -0.15) is 0 Å². The Morgan fingerprint density at radius 2 is 1.33 bits per heavy atom. The highest BCUT2D eigenvalue weighted by Crippen LogP contribution is 2.31. The number of nitrogens with zero attached hydrogens (tertiary/aromatic N) is 3. The first-order valence-electron chi connectivity index (χ1n) is 12.2. The van der Waals surface area contributed by atoms with E-state index in [1.807, 2.05) is 17.0 Å². The molecule has 0 unspecified atom stereocenters. The molecular weight excluding hydrogens is 484 g/mol. The normalized spacial score (nSPS) is 17.0. The second-order valence-electron chi connectivity index (χ2n) is 9.10. The maximum Gasteiger partial charge on any atom is 0.253 e. The highest BCUT2D eigenvalue weighted by Gasteiger charge is 2.29. The van der Waals surface area contributed by atoms with Gasteiger partial charge in [0.05, 0.1) is 30.0 Å². The van der Waals surface area contributed by atoms with Crippen LogP contribution in [0.2, 0.25) is 5.02 Å². The molecule has 36 heavy (non-hydrogen) atoms. The Morgan fingerprint density at radius 1 is 0.778 bits per heavy atom. The Morgan fingerprint density at radius 3 is 1.86 bits per heavy atom. The number of amides is 1. The summed E-state index contributed by atoms with van der Waals surface area (Å²) in [5.74, 6) is -0.652. The van der Waals surface area contributed by atoms with E-state index in [-0.39, 0.29) is 23.6 Å². The minimum absolute atomic E-state index is 0.0507. The van der Waals surface area contributed by atoms with Crippen LogP contribution >= 0.6 is 11.6 Å². The SMILES string of the molecule is O=C(c1ccc(N2CCOCC2)c(Cl)c1)N1CCN(C(c2ccc(F)cc2)c2ccc(F)cc2)CC1. The monoisotopic (exact) mass is 511 g/mol. The van der Waals surface area contributed by atoms with Crippen molar-refractivity contribution in [3.63, 3.8) is 0 Å². The zero-order chi connectivity index (χ0) is 25.1. The van der Waals surface area contributed by atoms with Crippen LogP contribution in [0.4, 0.5) is 14.5 Å². The van der Waals surface area contributed by atoms with Crippen molar-refractivity contribution < 1.29 is 18.3 Å². The van der Waals surface area contributed by atoms with E-state index in [2.05, 4.69) is 9.80 Å². The fourth-order valence-electron chi connectivity index (χ4n) is 4.97. The minimum atomic E-state index is -0.301. The highest BCUT2D eigenvalue weighted by molar-refractivity contribution is 6.33. The topological polar surface area (TPSA) is 36.0 Å². The summed E-state index contributed by atoms with van der Waals surface area (Å²) in [6, 6.07) is 18.2. The molecule has 8 heteroatoms. The van der Waals surface area contributed by atoms with Gasteiger partial charge in [-0.15, -0.1) is 0 Å². The third kappa shape index (κ3) is 5.38. The van der Waals surface area contributed by atoms with E-state index in [9.17, 15) is 13.6 Å². The van der Waals surface area contributed by atoms with Gasteiger partial charge in [0.2, 0.25) is 0 Å². The van der Waals surface area contributed by atoms with E-state index in [1.54, 1.807) is 30.3 Å². The first kappa shape index (κ1) is 24.7. The lowest BCUT2D eigenvalue weighted by atomic mass is 9.96. The lowest BCUT2D eigenvalue weighted by Crippen LogP contribution is -2.49. The molecule has 5 rings (SSSR count). The summed E-state index contributed by atoms with van der Waals surface area (Å²) < 4.78 is 32.6. The average Bonchev–Trinajstić information content (AvgIpc) is 2.91. The van der Waals surface area contributed by atoms with E-state index in [4.69, 9.17) is 16.3 Å². The first-order chi connectivity index (χ1) is 17.5. The van der Waals surface area contributed by atoms with Crippen LogP contribution in [0.1, 0.15) is 27.5 Å². The van der Waals surface area contributed by atoms with Gasteiger partial charge in [0, 0.05) is 44.8 Å². The molecule has 0 spiro atoms. The summed E-state index contributed by atoms with van der Waals surface area (Å²) in [4.78, 5) is 19.5. The number of carbonyl (C=O) groups excluding carboxylic acids is 1. The molecule has 3 aromatic carbocycles. The molecule has 2 aliphatic heterocycles. The van der Waals surface area contributed by atoms with Gasteiger partial charge >= 0.3 is 0 Å². The van der Waals surface area contributed by atoms with Gasteiger partial charge in [-0.1, -0.05) is 35.9 Å². The number of carbonyl (C=O) groups is 1. The second kappa shape index (κ2) is 10.9. The van der Waals surface area contributed by atoms with Gasteiger partial charge in [-0.3, -0.25) is 9.69 Å². The van der Waals surface area contributed by atoms with Gasteiger partial charge in [-0.25, -0.2) is 8.78 Å². The molecule has 3 aromatic rings. The van der Waals surface area contributed by atoms with E-state index < -0.39 is 0 Å². The molecule has 0 saturated carbocycles. The van der Waals surface area contributed by atoms with E-state index in [0.29, 0.717) is 50.0 Å². The number of rotatable bonds is 5. The molecule has 2 saturated heterocycles. The highest BCUT2D eigenvalue weighted by atomic mass is 35.5. The molecule has 0 radical (unpaired) electrons.